The summed E-state index contributed by atoms with van der Waals surface area (Å²) < 4.78 is 5.12. The Morgan fingerprint density at radius 3 is 2.74 bits per heavy atom. The van der Waals surface area contributed by atoms with Crippen molar-refractivity contribution in [2.75, 3.05) is 7.11 Å². The van der Waals surface area contributed by atoms with Gasteiger partial charge >= 0.3 is 0 Å². The van der Waals surface area contributed by atoms with E-state index in [1.165, 1.54) is 0 Å². The molecule has 2 heterocycles. The van der Waals surface area contributed by atoms with Crippen LogP contribution in [0.4, 0.5) is 0 Å². The third-order valence-corrected chi connectivity index (χ3v) is 2.94. The molecule has 0 saturated heterocycles. The molecule has 0 amide bonds. The van der Waals surface area contributed by atoms with E-state index in [1.54, 1.807) is 25.6 Å². The van der Waals surface area contributed by atoms with Gasteiger partial charge in [0.15, 0.2) is 0 Å². The number of aryl methyl sites for hydroxylation is 2. The molecule has 0 bridgehead atoms. The van der Waals surface area contributed by atoms with E-state index in [4.69, 9.17) is 4.74 Å². The van der Waals surface area contributed by atoms with Gasteiger partial charge < -0.3 is 9.84 Å². The second kappa shape index (κ2) is 5.75. The van der Waals surface area contributed by atoms with Crippen molar-refractivity contribution in [2.24, 2.45) is 0 Å². The molecule has 2 aromatic heterocycles. The normalized spacial score (nSPS) is 12.2. The fraction of sp³-hybridized carbons (Fsp3) is 0.357. The average Bonchev–Trinajstić information content (AvgIpc) is 2.46. The van der Waals surface area contributed by atoms with E-state index in [2.05, 4.69) is 15.2 Å². The van der Waals surface area contributed by atoms with Crippen LogP contribution in [-0.2, 0) is 6.42 Å². The molecule has 0 aliphatic heterocycles. The monoisotopic (exact) mass is 259 g/mol. The molecule has 0 aliphatic rings. The molecule has 100 valence electrons. The van der Waals surface area contributed by atoms with Crippen LogP contribution in [-0.4, -0.2) is 27.4 Å². The minimum atomic E-state index is -0.772. The van der Waals surface area contributed by atoms with Gasteiger partial charge in [-0.3, -0.25) is 4.98 Å². The molecular formula is C14H17N3O2. The first-order valence-electron chi connectivity index (χ1n) is 6.15. The van der Waals surface area contributed by atoms with Crippen molar-refractivity contribution < 1.29 is 9.84 Å². The first-order chi connectivity index (χ1) is 9.15. The number of ether oxygens (including phenoxy) is 1. The number of aliphatic hydroxyl groups excluding tert-OH is 1. The van der Waals surface area contributed by atoms with Gasteiger partial charge in [-0.25, -0.2) is 0 Å². The van der Waals surface area contributed by atoms with E-state index in [-0.39, 0.29) is 0 Å². The summed E-state index contributed by atoms with van der Waals surface area (Å²) in [4.78, 5) is 4.06. The van der Waals surface area contributed by atoms with Crippen molar-refractivity contribution in [1.82, 2.24) is 15.2 Å². The summed E-state index contributed by atoms with van der Waals surface area (Å²) in [5, 5.41) is 18.6. The third kappa shape index (κ3) is 2.88. The number of hydrogen-bond donors (Lipinski definition) is 1. The standard InChI is InChI=1S/C14H17N3O2/c1-4-13-12(5-9(2)16-17-13)14(18)10-6-11(19-3)8-15-7-10/h5-8,14,18H,4H2,1-3H3. The lowest BCUT2D eigenvalue weighted by molar-refractivity contribution is 0.217. The van der Waals surface area contributed by atoms with Gasteiger partial charge in [0.2, 0.25) is 0 Å². The summed E-state index contributed by atoms with van der Waals surface area (Å²) in [5.41, 5.74) is 3.02. The molecule has 5 nitrogen and oxygen atoms in total. The zero-order valence-electron chi connectivity index (χ0n) is 11.3. The molecule has 0 aliphatic carbocycles. The van der Waals surface area contributed by atoms with E-state index >= 15 is 0 Å². The number of nitrogens with zero attached hydrogens (tertiary/aromatic N) is 3. The van der Waals surface area contributed by atoms with Crippen LogP contribution in [0.1, 0.15) is 35.5 Å². The average molecular weight is 259 g/mol. The van der Waals surface area contributed by atoms with Gasteiger partial charge in [-0.15, -0.1) is 0 Å². The first kappa shape index (κ1) is 13.4. The van der Waals surface area contributed by atoms with Gasteiger partial charge in [0.1, 0.15) is 11.9 Å². The topological polar surface area (TPSA) is 68.1 Å². The number of hydrogen-bond acceptors (Lipinski definition) is 5. The largest absolute Gasteiger partial charge is 0.495 e. The smallest absolute Gasteiger partial charge is 0.137 e. The predicted octanol–water partition coefficient (Wildman–Crippen LogP) is 1.83. The highest BCUT2D eigenvalue weighted by atomic mass is 16.5. The van der Waals surface area contributed by atoms with E-state index in [0.29, 0.717) is 11.3 Å². The Bertz CT molecular complexity index is 572. The van der Waals surface area contributed by atoms with Crippen LogP contribution in [0.15, 0.2) is 24.5 Å². The van der Waals surface area contributed by atoms with Gasteiger partial charge in [-0.05, 0) is 25.5 Å². The zero-order valence-corrected chi connectivity index (χ0v) is 11.3. The lowest BCUT2D eigenvalue weighted by Crippen LogP contribution is -2.08. The molecule has 0 radical (unpaired) electrons. The molecule has 2 aromatic rings. The predicted molar refractivity (Wildman–Crippen MR) is 71.0 cm³/mol. The molecule has 0 fully saturated rings. The van der Waals surface area contributed by atoms with Crippen LogP contribution < -0.4 is 4.74 Å². The number of rotatable bonds is 4. The summed E-state index contributed by atoms with van der Waals surface area (Å²) in [6.45, 7) is 3.84. The second-order valence-electron chi connectivity index (χ2n) is 4.30. The highest BCUT2D eigenvalue weighted by molar-refractivity contribution is 5.34. The van der Waals surface area contributed by atoms with Gasteiger partial charge in [0.25, 0.3) is 0 Å². The van der Waals surface area contributed by atoms with Crippen molar-refractivity contribution in [2.45, 2.75) is 26.4 Å². The van der Waals surface area contributed by atoms with E-state index in [9.17, 15) is 5.11 Å². The minimum absolute atomic E-state index is 0.619. The molecule has 1 unspecified atom stereocenters. The Morgan fingerprint density at radius 2 is 2.05 bits per heavy atom. The number of methoxy groups -OCH3 is 1. The Hall–Kier alpha value is -2.01. The van der Waals surface area contributed by atoms with Crippen LogP contribution in [0.2, 0.25) is 0 Å². The van der Waals surface area contributed by atoms with Crippen molar-refractivity contribution >= 4 is 0 Å². The molecule has 2 rings (SSSR count). The Labute approximate surface area is 112 Å². The lowest BCUT2D eigenvalue weighted by Gasteiger charge is -2.15. The van der Waals surface area contributed by atoms with Crippen molar-refractivity contribution in [3.63, 3.8) is 0 Å². The fourth-order valence-corrected chi connectivity index (χ4v) is 1.92. The lowest BCUT2D eigenvalue weighted by atomic mass is 10.0. The molecular weight excluding hydrogens is 242 g/mol. The summed E-state index contributed by atoms with van der Waals surface area (Å²) in [6.07, 6.45) is 3.18. The zero-order chi connectivity index (χ0) is 13.8. The number of aliphatic hydroxyl groups is 1. The van der Waals surface area contributed by atoms with Gasteiger partial charge in [0.05, 0.1) is 24.7 Å². The maximum Gasteiger partial charge on any atom is 0.137 e. The van der Waals surface area contributed by atoms with Crippen molar-refractivity contribution in [3.8, 4) is 5.75 Å². The molecule has 1 atom stereocenters. The second-order valence-corrected chi connectivity index (χ2v) is 4.30. The summed E-state index contributed by atoms with van der Waals surface area (Å²) in [7, 11) is 1.57. The molecule has 0 saturated carbocycles. The number of aromatic nitrogens is 3. The minimum Gasteiger partial charge on any atom is -0.495 e. The highest BCUT2D eigenvalue weighted by Gasteiger charge is 2.16. The summed E-state index contributed by atoms with van der Waals surface area (Å²) in [5.74, 6) is 0.619. The van der Waals surface area contributed by atoms with Gasteiger partial charge in [-0.1, -0.05) is 6.92 Å². The third-order valence-electron chi connectivity index (χ3n) is 2.94. The maximum absolute atomic E-state index is 10.5. The van der Waals surface area contributed by atoms with Crippen molar-refractivity contribution in [1.29, 1.82) is 0 Å². The Kier molecular flexibility index (Phi) is 4.06. The SMILES string of the molecule is CCc1nnc(C)cc1C(O)c1cncc(OC)c1. The molecule has 1 N–H and O–H groups in total. The maximum atomic E-state index is 10.5. The van der Waals surface area contributed by atoms with Crippen LogP contribution in [0.3, 0.4) is 0 Å². The molecule has 5 heteroatoms. The van der Waals surface area contributed by atoms with Crippen LogP contribution in [0.25, 0.3) is 0 Å². The van der Waals surface area contributed by atoms with E-state index < -0.39 is 6.10 Å². The Morgan fingerprint density at radius 1 is 1.26 bits per heavy atom. The van der Waals surface area contributed by atoms with E-state index in [1.807, 2.05) is 19.9 Å². The van der Waals surface area contributed by atoms with E-state index in [0.717, 1.165) is 23.4 Å². The van der Waals surface area contributed by atoms with Crippen LogP contribution in [0, 0.1) is 6.92 Å². The fourth-order valence-electron chi connectivity index (χ4n) is 1.92. The Balaban J connectivity index is 2.42. The first-order valence-corrected chi connectivity index (χ1v) is 6.15. The van der Waals surface area contributed by atoms with Crippen LogP contribution >= 0.6 is 0 Å². The summed E-state index contributed by atoms with van der Waals surface area (Å²) in [6, 6.07) is 3.63. The van der Waals surface area contributed by atoms with Gasteiger partial charge in [0, 0.05) is 17.3 Å². The quantitative estimate of drug-likeness (QED) is 0.907. The van der Waals surface area contributed by atoms with Gasteiger partial charge in [-0.2, -0.15) is 10.2 Å². The van der Waals surface area contributed by atoms with Crippen molar-refractivity contribution in [3.05, 3.63) is 47.0 Å². The molecule has 0 aromatic carbocycles. The summed E-state index contributed by atoms with van der Waals surface area (Å²) >= 11 is 0. The van der Waals surface area contributed by atoms with Crippen LogP contribution in [0.5, 0.6) is 5.75 Å². The number of pyridine rings is 1. The molecule has 0 spiro atoms. The molecule has 19 heavy (non-hydrogen) atoms. The highest BCUT2D eigenvalue weighted by Crippen LogP contribution is 2.26.